The van der Waals surface area contributed by atoms with Crippen LogP contribution in [0.3, 0.4) is 0 Å². The molecule has 0 bridgehead atoms. The lowest BCUT2D eigenvalue weighted by Gasteiger charge is -2.44. The van der Waals surface area contributed by atoms with Crippen LogP contribution in [0.25, 0.3) is 0 Å². The number of halogens is 1. The van der Waals surface area contributed by atoms with Gasteiger partial charge in [0.1, 0.15) is 6.10 Å². The molecule has 6 heteroatoms. The fourth-order valence-electron chi connectivity index (χ4n) is 5.38. The van der Waals surface area contributed by atoms with Crippen LogP contribution in [0.5, 0.6) is 0 Å². The maximum Gasteiger partial charge on any atom is 0.192 e. The van der Waals surface area contributed by atoms with Crippen molar-refractivity contribution in [3.8, 4) is 0 Å². The highest BCUT2D eigenvalue weighted by Crippen LogP contribution is 2.50. The maximum absolute atomic E-state index is 11.8. The Balaban J connectivity index is 1.81. The summed E-state index contributed by atoms with van der Waals surface area (Å²) in [6.45, 7) is 24.3. The van der Waals surface area contributed by atoms with Crippen molar-refractivity contribution in [3.05, 3.63) is 61.5 Å². The molecular formula is C31H46INO3Si. The molecule has 1 aromatic carbocycles. The largest absolute Gasteiger partial charge is 0.410 e. The van der Waals surface area contributed by atoms with Crippen molar-refractivity contribution in [1.82, 2.24) is 4.98 Å². The second kappa shape index (κ2) is 9.99. The summed E-state index contributed by atoms with van der Waals surface area (Å²) in [5.74, 6) is 0.207. The van der Waals surface area contributed by atoms with E-state index in [0.717, 1.165) is 52.1 Å². The molecule has 1 fully saturated rings. The highest BCUT2D eigenvalue weighted by Gasteiger charge is 2.44. The molecule has 1 aliphatic carbocycles. The number of nitrogens with zero attached hydrogens (tertiary/aromatic N) is 1. The zero-order chi connectivity index (χ0) is 27.6. The summed E-state index contributed by atoms with van der Waals surface area (Å²) in [6.07, 6.45) is 1.16. The molecule has 0 spiro atoms. The first-order chi connectivity index (χ1) is 17.0. The second-order valence-corrected chi connectivity index (χ2v) is 20.1. The molecule has 1 aromatic heterocycles. The summed E-state index contributed by atoms with van der Waals surface area (Å²) in [5, 5.41) is 11.9. The first-order valence-corrected chi connectivity index (χ1v) is 17.7. The molecule has 204 valence electrons. The minimum Gasteiger partial charge on any atom is -0.410 e. The third kappa shape index (κ3) is 5.60. The van der Waals surface area contributed by atoms with Gasteiger partial charge in [-0.1, -0.05) is 79.7 Å². The molecule has 2 aromatic rings. The molecule has 2 unspecified atom stereocenters. The Morgan fingerprint density at radius 3 is 2.19 bits per heavy atom. The molecule has 2 heterocycles. The van der Waals surface area contributed by atoms with Gasteiger partial charge in [0.2, 0.25) is 0 Å². The average molecular weight is 636 g/mol. The van der Waals surface area contributed by atoms with Crippen LogP contribution in [-0.2, 0) is 21.0 Å². The van der Waals surface area contributed by atoms with Gasteiger partial charge < -0.3 is 14.3 Å². The lowest BCUT2D eigenvalue weighted by atomic mass is 9.74. The van der Waals surface area contributed by atoms with Gasteiger partial charge in [0.25, 0.3) is 0 Å². The van der Waals surface area contributed by atoms with Gasteiger partial charge in [-0.05, 0) is 76.0 Å². The van der Waals surface area contributed by atoms with Crippen LogP contribution < -0.4 is 0 Å². The summed E-state index contributed by atoms with van der Waals surface area (Å²) >= 11 is 2.48. The van der Waals surface area contributed by atoms with Gasteiger partial charge in [-0.3, -0.25) is 4.98 Å². The van der Waals surface area contributed by atoms with Crippen LogP contribution in [0.15, 0.2) is 24.3 Å². The third-order valence-corrected chi connectivity index (χ3v) is 14.5. The number of hydrogen-bond donors (Lipinski definition) is 1. The Morgan fingerprint density at radius 2 is 1.70 bits per heavy atom. The molecule has 4 rings (SSSR count). The number of rotatable bonds is 6. The molecule has 2 aliphatic rings. The van der Waals surface area contributed by atoms with Crippen LogP contribution in [0.2, 0.25) is 18.1 Å². The molecular weight excluding hydrogens is 589 g/mol. The first kappa shape index (κ1) is 29.2. The van der Waals surface area contributed by atoms with Crippen molar-refractivity contribution in [1.29, 1.82) is 0 Å². The Kier molecular flexibility index (Phi) is 7.88. The molecule has 1 aliphatic heterocycles. The molecule has 2 atom stereocenters. The van der Waals surface area contributed by atoms with E-state index in [9.17, 15) is 5.11 Å². The van der Waals surface area contributed by atoms with E-state index in [1.165, 1.54) is 11.1 Å². The first-order valence-electron chi connectivity index (χ1n) is 13.7. The van der Waals surface area contributed by atoms with E-state index in [1.54, 1.807) is 0 Å². The van der Waals surface area contributed by atoms with E-state index in [-0.39, 0.29) is 27.9 Å². The van der Waals surface area contributed by atoms with Crippen LogP contribution in [0.4, 0.5) is 0 Å². The molecule has 0 amide bonds. The van der Waals surface area contributed by atoms with Crippen LogP contribution in [0.1, 0.15) is 114 Å². The molecule has 37 heavy (non-hydrogen) atoms. The zero-order valence-corrected chi connectivity index (χ0v) is 27.6. The number of ether oxygens (including phenoxy) is 1. The summed E-state index contributed by atoms with van der Waals surface area (Å²) in [6, 6.07) is 8.47. The van der Waals surface area contributed by atoms with Crippen molar-refractivity contribution in [2.24, 2.45) is 5.41 Å². The fraction of sp³-hybridized carbons (Fsp3) is 0.645. The van der Waals surface area contributed by atoms with Crippen molar-refractivity contribution in [2.45, 2.75) is 110 Å². The van der Waals surface area contributed by atoms with Crippen molar-refractivity contribution in [3.63, 3.8) is 0 Å². The lowest BCUT2D eigenvalue weighted by molar-refractivity contribution is -0.0500. The smallest absolute Gasteiger partial charge is 0.192 e. The van der Waals surface area contributed by atoms with Crippen molar-refractivity contribution < 1.29 is 14.3 Å². The van der Waals surface area contributed by atoms with Crippen LogP contribution in [0, 0.1) is 8.99 Å². The van der Waals surface area contributed by atoms with Gasteiger partial charge in [0.15, 0.2) is 8.32 Å². The summed E-state index contributed by atoms with van der Waals surface area (Å²) in [4.78, 5) is 5.29. The highest BCUT2D eigenvalue weighted by atomic mass is 127. The fourth-order valence-corrected chi connectivity index (χ4v) is 7.88. The predicted molar refractivity (Wildman–Crippen MR) is 163 cm³/mol. The molecule has 4 nitrogen and oxygen atoms in total. The number of benzene rings is 1. The van der Waals surface area contributed by atoms with Gasteiger partial charge in [-0.2, -0.15) is 0 Å². The standard InChI is InChI=1S/C31H46INO3Si/c1-19(2)27-25(28(34)20-11-13-21(14-12-20)31(8)17-35-18-31)26(32)24-22(33-27)15-30(6,7)16-23(24)36-37(9,10)29(3,4)5/h11-14,19,23,28,34H,15-18H2,1-10H3. The normalized spacial score (nSPS) is 21.9. The quantitative estimate of drug-likeness (QED) is 0.257. The van der Waals surface area contributed by atoms with E-state index in [2.05, 4.69) is 115 Å². The topological polar surface area (TPSA) is 51.6 Å². The van der Waals surface area contributed by atoms with Crippen LogP contribution in [-0.4, -0.2) is 31.6 Å². The Bertz CT molecular complexity index is 1150. The average Bonchev–Trinajstić information content (AvgIpc) is 2.74. The van der Waals surface area contributed by atoms with Gasteiger partial charge in [-0.25, -0.2) is 0 Å². The second-order valence-electron chi connectivity index (χ2n) is 14.2. The lowest BCUT2D eigenvalue weighted by Crippen LogP contribution is -2.44. The molecule has 1 saturated heterocycles. The maximum atomic E-state index is 11.8. The van der Waals surface area contributed by atoms with Gasteiger partial charge in [-0.15, -0.1) is 0 Å². The number of aliphatic hydroxyl groups is 1. The van der Waals surface area contributed by atoms with Gasteiger partial charge >= 0.3 is 0 Å². The molecule has 0 saturated carbocycles. The predicted octanol–water partition coefficient (Wildman–Crippen LogP) is 8.21. The SMILES string of the molecule is CC(C)c1nc2c(c(I)c1C(O)c1ccc(C3(C)COC3)cc1)C(O[Si](C)(C)C(C)(C)C)CC(C)(C)C2. The number of pyridine rings is 1. The van der Waals surface area contributed by atoms with E-state index in [4.69, 9.17) is 14.1 Å². The summed E-state index contributed by atoms with van der Waals surface area (Å²) in [7, 11) is -2.02. The number of hydrogen-bond acceptors (Lipinski definition) is 4. The Morgan fingerprint density at radius 1 is 1.11 bits per heavy atom. The minimum absolute atomic E-state index is 0.00727. The minimum atomic E-state index is -2.02. The number of aromatic nitrogens is 1. The van der Waals surface area contributed by atoms with E-state index >= 15 is 0 Å². The zero-order valence-electron chi connectivity index (χ0n) is 24.5. The summed E-state index contributed by atoms with van der Waals surface area (Å²) in [5.41, 5.74) is 6.68. The Labute approximate surface area is 239 Å². The van der Waals surface area contributed by atoms with E-state index in [1.807, 2.05) is 0 Å². The Hall–Kier alpha value is -0.803. The van der Waals surface area contributed by atoms with Crippen molar-refractivity contribution >= 4 is 30.9 Å². The van der Waals surface area contributed by atoms with Gasteiger partial charge in [0, 0.05) is 25.8 Å². The van der Waals surface area contributed by atoms with Gasteiger partial charge in [0.05, 0.1) is 25.0 Å². The molecule has 1 N–H and O–H groups in total. The van der Waals surface area contributed by atoms with E-state index < -0.39 is 14.4 Å². The van der Waals surface area contributed by atoms with E-state index in [0.29, 0.717) is 0 Å². The monoisotopic (exact) mass is 635 g/mol. The highest BCUT2D eigenvalue weighted by molar-refractivity contribution is 14.1. The number of aliphatic hydroxyl groups excluding tert-OH is 1. The molecule has 0 radical (unpaired) electrons. The number of fused-ring (bicyclic) bond motifs is 1. The van der Waals surface area contributed by atoms with Crippen LogP contribution >= 0.6 is 22.6 Å². The summed E-state index contributed by atoms with van der Waals surface area (Å²) < 4.78 is 13.7. The third-order valence-electron chi connectivity index (χ3n) is 8.85. The van der Waals surface area contributed by atoms with Crippen molar-refractivity contribution in [2.75, 3.05) is 13.2 Å².